The molecule has 0 amide bonds. The maximum absolute atomic E-state index is 12.0. The van der Waals surface area contributed by atoms with Gasteiger partial charge in [-0.25, -0.2) is 0 Å². The number of ether oxygens (including phenoxy) is 2. The maximum Gasteiger partial charge on any atom is 0.275 e. The van der Waals surface area contributed by atoms with E-state index < -0.39 is 22.5 Å². The Hall–Kier alpha value is -4.20. The van der Waals surface area contributed by atoms with Gasteiger partial charge in [0.25, 0.3) is 5.69 Å². The van der Waals surface area contributed by atoms with Crippen LogP contribution in [0, 0.1) is 10.1 Å². The minimum Gasteiger partial charge on any atom is -0.497 e. The number of aliphatic hydroxyl groups excluding tert-OH is 2. The van der Waals surface area contributed by atoms with Gasteiger partial charge in [0, 0.05) is 12.5 Å². The van der Waals surface area contributed by atoms with Crippen molar-refractivity contribution in [3.05, 3.63) is 135 Å². The molecule has 0 aliphatic rings. The zero-order chi connectivity index (χ0) is 26.4. The van der Waals surface area contributed by atoms with Gasteiger partial charge >= 0.3 is 0 Å². The molecule has 0 heterocycles. The third-order valence-electron chi connectivity index (χ3n) is 6.76. The first kappa shape index (κ1) is 25.9. The Morgan fingerprint density at radius 1 is 0.730 bits per heavy atom. The van der Waals surface area contributed by atoms with Crippen LogP contribution in [-0.4, -0.2) is 35.5 Å². The van der Waals surface area contributed by atoms with Crippen LogP contribution in [0.5, 0.6) is 11.5 Å². The highest BCUT2D eigenvalue weighted by Crippen LogP contribution is 2.46. The molecule has 0 radical (unpaired) electrons. The summed E-state index contributed by atoms with van der Waals surface area (Å²) < 4.78 is 10.7. The third-order valence-corrected chi connectivity index (χ3v) is 6.76. The molecule has 0 saturated heterocycles. The van der Waals surface area contributed by atoms with Crippen molar-refractivity contribution in [1.82, 2.24) is 0 Å². The molecule has 2 N–H and O–H groups in total. The predicted molar refractivity (Wildman–Crippen MR) is 141 cm³/mol. The monoisotopic (exact) mass is 499 g/mol. The van der Waals surface area contributed by atoms with E-state index >= 15 is 0 Å². The molecular formula is C30H29NO6. The van der Waals surface area contributed by atoms with Gasteiger partial charge < -0.3 is 19.7 Å². The number of nitro groups is 1. The van der Waals surface area contributed by atoms with Crippen LogP contribution in [0.2, 0.25) is 0 Å². The fourth-order valence-electron chi connectivity index (χ4n) is 4.94. The van der Waals surface area contributed by atoms with Gasteiger partial charge in [-0.15, -0.1) is 0 Å². The highest BCUT2D eigenvalue weighted by Gasteiger charge is 2.44. The zero-order valence-corrected chi connectivity index (χ0v) is 20.7. The summed E-state index contributed by atoms with van der Waals surface area (Å²) in [5.41, 5.74) is 1.18. The van der Waals surface area contributed by atoms with E-state index in [9.17, 15) is 20.3 Å². The molecule has 37 heavy (non-hydrogen) atoms. The molecule has 4 rings (SSSR count). The van der Waals surface area contributed by atoms with E-state index in [0.29, 0.717) is 11.5 Å². The van der Waals surface area contributed by atoms with Crippen LogP contribution in [-0.2, 0) is 5.41 Å². The molecule has 7 heteroatoms. The first-order valence-corrected chi connectivity index (χ1v) is 11.9. The standard InChI is InChI=1S/C30H29NO6/c1-36-24-16-12-22(13-17-24)30(21-8-4-3-5-9-21,23-14-18-25(37-2)19-15-23)29(33)20-28(32)26-10-6-7-11-27(26)31(34)35/h3-19,28-29,32-33H,20H2,1-2H3. The molecule has 0 saturated carbocycles. The van der Waals surface area contributed by atoms with Gasteiger partial charge in [0.2, 0.25) is 0 Å². The quantitative estimate of drug-likeness (QED) is 0.171. The molecule has 190 valence electrons. The van der Waals surface area contributed by atoms with Gasteiger partial charge in [-0.1, -0.05) is 66.7 Å². The van der Waals surface area contributed by atoms with Gasteiger partial charge in [-0.2, -0.15) is 0 Å². The van der Waals surface area contributed by atoms with Crippen molar-refractivity contribution >= 4 is 5.69 Å². The summed E-state index contributed by atoms with van der Waals surface area (Å²) in [6.45, 7) is 0. The summed E-state index contributed by atoms with van der Waals surface area (Å²) in [7, 11) is 3.17. The lowest BCUT2D eigenvalue weighted by Crippen LogP contribution is -2.43. The molecule has 4 aromatic carbocycles. The lowest BCUT2D eigenvalue weighted by Gasteiger charge is -2.41. The fraction of sp³-hybridized carbons (Fsp3) is 0.200. The number of nitro benzene ring substituents is 1. The van der Waals surface area contributed by atoms with Crippen LogP contribution in [0.25, 0.3) is 0 Å². The van der Waals surface area contributed by atoms with E-state index in [4.69, 9.17) is 9.47 Å². The molecule has 4 aromatic rings. The average Bonchev–Trinajstić information content (AvgIpc) is 2.94. The smallest absolute Gasteiger partial charge is 0.275 e. The van der Waals surface area contributed by atoms with Gasteiger partial charge in [-0.3, -0.25) is 10.1 Å². The van der Waals surface area contributed by atoms with E-state index in [0.717, 1.165) is 16.7 Å². The summed E-state index contributed by atoms with van der Waals surface area (Å²) in [5.74, 6) is 1.32. The molecule has 0 fully saturated rings. The summed E-state index contributed by atoms with van der Waals surface area (Å²) in [6.07, 6.45) is -2.61. The lowest BCUT2D eigenvalue weighted by molar-refractivity contribution is -0.386. The summed E-state index contributed by atoms with van der Waals surface area (Å²) >= 11 is 0. The third kappa shape index (κ3) is 5.05. The van der Waals surface area contributed by atoms with Gasteiger partial charge in [0.05, 0.1) is 42.3 Å². The average molecular weight is 500 g/mol. The molecule has 2 unspecified atom stereocenters. The van der Waals surface area contributed by atoms with Crippen LogP contribution >= 0.6 is 0 Å². The second-order valence-electron chi connectivity index (χ2n) is 8.71. The van der Waals surface area contributed by atoms with E-state index in [2.05, 4.69) is 0 Å². The summed E-state index contributed by atoms with van der Waals surface area (Å²) in [4.78, 5) is 11.1. The fourth-order valence-corrected chi connectivity index (χ4v) is 4.94. The molecule has 2 atom stereocenters. The Morgan fingerprint density at radius 3 is 1.68 bits per heavy atom. The van der Waals surface area contributed by atoms with E-state index in [1.54, 1.807) is 26.4 Å². The minimum atomic E-state index is -1.28. The molecule has 0 bridgehead atoms. The van der Waals surface area contributed by atoms with E-state index in [1.165, 1.54) is 12.1 Å². The van der Waals surface area contributed by atoms with Gasteiger partial charge in [0.15, 0.2) is 0 Å². The normalized spacial score (nSPS) is 13.0. The molecule has 0 aromatic heterocycles. The number of nitrogens with zero attached hydrogens (tertiary/aromatic N) is 1. The highest BCUT2D eigenvalue weighted by atomic mass is 16.6. The van der Waals surface area contributed by atoms with Crippen molar-refractivity contribution in [1.29, 1.82) is 0 Å². The number of hydrogen-bond donors (Lipinski definition) is 2. The van der Waals surface area contributed by atoms with Crippen LogP contribution in [0.4, 0.5) is 5.69 Å². The number of hydrogen-bond acceptors (Lipinski definition) is 6. The van der Waals surface area contributed by atoms with Gasteiger partial charge in [0.1, 0.15) is 11.5 Å². The highest BCUT2D eigenvalue weighted by molar-refractivity contribution is 5.54. The molecule has 7 nitrogen and oxygen atoms in total. The van der Waals surface area contributed by atoms with Gasteiger partial charge in [-0.05, 0) is 47.0 Å². The Bertz CT molecular complexity index is 1280. The second-order valence-corrected chi connectivity index (χ2v) is 8.71. The lowest BCUT2D eigenvalue weighted by atomic mass is 9.64. The largest absolute Gasteiger partial charge is 0.497 e. The first-order chi connectivity index (χ1) is 17.9. The van der Waals surface area contributed by atoms with E-state index in [-0.39, 0.29) is 17.7 Å². The van der Waals surface area contributed by atoms with Crippen LogP contribution < -0.4 is 9.47 Å². The van der Waals surface area contributed by atoms with E-state index in [1.807, 2.05) is 78.9 Å². The SMILES string of the molecule is COc1ccc(C(c2ccccc2)(c2ccc(OC)cc2)C(O)CC(O)c2ccccc2[N+](=O)[O-])cc1. The number of benzene rings is 4. The number of rotatable bonds is 10. The van der Waals surface area contributed by atoms with Crippen molar-refractivity contribution in [2.75, 3.05) is 14.2 Å². The topological polar surface area (TPSA) is 102 Å². The molecule has 0 aliphatic carbocycles. The number of para-hydroxylation sites is 1. The molecule has 0 aliphatic heterocycles. The van der Waals surface area contributed by atoms with Crippen LogP contribution in [0.1, 0.15) is 34.8 Å². The summed E-state index contributed by atoms with van der Waals surface area (Å²) in [5, 5.41) is 34.8. The Balaban J connectivity index is 1.91. The number of aliphatic hydroxyl groups is 2. The minimum absolute atomic E-state index is 0.151. The van der Waals surface area contributed by atoms with Crippen molar-refractivity contribution < 1.29 is 24.6 Å². The van der Waals surface area contributed by atoms with Crippen LogP contribution in [0.15, 0.2) is 103 Å². The Labute approximate surface area is 215 Å². The first-order valence-electron chi connectivity index (χ1n) is 11.9. The second kappa shape index (κ2) is 11.2. The Morgan fingerprint density at radius 2 is 1.19 bits per heavy atom. The number of methoxy groups -OCH3 is 2. The molecule has 0 spiro atoms. The Kier molecular flexibility index (Phi) is 7.86. The maximum atomic E-state index is 12.0. The zero-order valence-electron chi connectivity index (χ0n) is 20.7. The van der Waals surface area contributed by atoms with Crippen LogP contribution in [0.3, 0.4) is 0 Å². The van der Waals surface area contributed by atoms with Crippen molar-refractivity contribution in [3.8, 4) is 11.5 Å². The molecular weight excluding hydrogens is 470 g/mol. The summed E-state index contributed by atoms with van der Waals surface area (Å²) in [6, 6.07) is 30.4. The van der Waals surface area contributed by atoms with Crippen molar-refractivity contribution in [2.24, 2.45) is 0 Å². The van der Waals surface area contributed by atoms with Crippen molar-refractivity contribution in [2.45, 2.75) is 24.0 Å². The van der Waals surface area contributed by atoms with Crippen molar-refractivity contribution in [3.63, 3.8) is 0 Å². The predicted octanol–water partition coefficient (Wildman–Crippen LogP) is 5.43.